The largest absolute Gasteiger partial charge is 0.453 e. The molecule has 0 saturated carbocycles. The SMILES string of the molecule is COC(=O)N[C@H](C(=O)N1CCC[C@H]1c1ncc(-c2ccc3c(c2)C(F)(F)c2cc(-c4ccc5nc(C6CCCN6)[nH]c5c4)ccc2-3)[nH]1)C(C)C. The first kappa shape index (κ1) is 32.1. The van der Waals surface area contributed by atoms with Crippen LogP contribution in [0, 0.1) is 5.92 Å². The van der Waals surface area contributed by atoms with Gasteiger partial charge in [-0.1, -0.05) is 44.2 Å². The zero-order chi connectivity index (χ0) is 34.7. The molecule has 8 rings (SSSR count). The molecular formula is C38H39F2N7O3. The van der Waals surface area contributed by atoms with Gasteiger partial charge in [0.1, 0.15) is 17.7 Å². The molecule has 3 aliphatic rings. The van der Waals surface area contributed by atoms with E-state index in [2.05, 4.69) is 25.6 Å². The molecule has 2 aromatic heterocycles. The highest BCUT2D eigenvalue weighted by Gasteiger charge is 2.45. The molecule has 3 atom stereocenters. The predicted molar refractivity (Wildman–Crippen MR) is 185 cm³/mol. The second-order valence-corrected chi connectivity index (χ2v) is 13.8. The van der Waals surface area contributed by atoms with Crippen molar-refractivity contribution in [1.29, 1.82) is 0 Å². The second kappa shape index (κ2) is 12.3. The number of aromatic nitrogens is 4. The van der Waals surface area contributed by atoms with Gasteiger partial charge < -0.3 is 30.2 Å². The number of hydrogen-bond donors (Lipinski definition) is 4. The molecule has 5 aromatic rings. The molecule has 258 valence electrons. The number of rotatable bonds is 7. The number of alkyl halides is 2. The Labute approximate surface area is 288 Å². The van der Waals surface area contributed by atoms with Gasteiger partial charge in [-0.25, -0.2) is 14.8 Å². The third kappa shape index (κ3) is 5.42. The average molecular weight is 680 g/mol. The van der Waals surface area contributed by atoms with Crippen LogP contribution in [0.3, 0.4) is 0 Å². The summed E-state index contributed by atoms with van der Waals surface area (Å²) in [6, 6.07) is 15.4. The number of carbonyl (C=O) groups is 2. The molecular weight excluding hydrogens is 640 g/mol. The minimum atomic E-state index is -3.20. The maximum Gasteiger partial charge on any atom is 0.407 e. The molecule has 0 spiro atoms. The van der Waals surface area contributed by atoms with Gasteiger partial charge in [-0.2, -0.15) is 8.78 Å². The van der Waals surface area contributed by atoms with E-state index >= 15 is 8.78 Å². The van der Waals surface area contributed by atoms with E-state index in [4.69, 9.17) is 9.72 Å². The van der Waals surface area contributed by atoms with Gasteiger partial charge in [0.15, 0.2) is 0 Å². The van der Waals surface area contributed by atoms with Crippen molar-refractivity contribution < 1.29 is 23.1 Å². The molecule has 10 nitrogen and oxygen atoms in total. The van der Waals surface area contributed by atoms with Crippen molar-refractivity contribution in [2.24, 2.45) is 5.92 Å². The predicted octanol–water partition coefficient (Wildman–Crippen LogP) is 7.21. The molecule has 0 radical (unpaired) electrons. The van der Waals surface area contributed by atoms with E-state index in [9.17, 15) is 9.59 Å². The minimum absolute atomic E-state index is 0.0200. The number of ether oxygens (including phenoxy) is 1. The quantitative estimate of drug-likeness (QED) is 0.144. The molecule has 50 heavy (non-hydrogen) atoms. The van der Waals surface area contributed by atoms with Crippen LogP contribution in [-0.2, 0) is 15.5 Å². The van der Waals surface area contributed by atoms with Crippen molar-refractivity contribution in [2.75, 3.05) is 20.2 Å². The van der Waals surface area contributed by atoms with Crippen LogP contribution in [0.5, 0.6) is 0 Å². The summed E-state index contributed by atoms with van der Waals surface area (Å²) in [5.41, 5.74) is 5.40. The number of benzene rings is 3. The number of H-pyrrole nitrogens is 2. The Morgan fingerprint density at radius 1 is 0.940 bits per heavy atom. The third-order valence-electron chi connectivity index (χ3n) is 10.4. The fourth-order valence-corrected chi connectivity index (χ4v) is 7.71. The van der Waals surface area contributed by atoms with Gasteiger partial charge in [-0.05, 0) is 84.7 Å². The maximum atomic E-state index is 16.3. The lowest BCUT2D eigenvalue weighted by atomic mass is 9.98. The molecule has 4 N–H and O–H groups in total. The lowest BCUT2D eigenvalue weighted by Crippen LogP contribution is -2.51. The summed E-state index contributed by atoms with van der Waals surface area (Å²) >= 11 is 0. The Morgan fingerprint density at radius 3 is 2.38 bits per heavy atom. The number of halogens is 2. The van der Waals surface area contributed by atoms with E-state index in [0.29, 0.717) is 46.7 Å². The third-order valence-corrected chi connectivity index (χ3v) is 10.4. The van der Waals surface area contributed by atoms with Gasteiger partial charge in [0, 0.05) is 23.2 Å². The molecule has 2 fully saturated rings. The molecule has 2 amide bonds. The maximum absolute atomic E-state index is 16.3. The van der Waals surface area contributed by atoms with Crippen molar-refractivity contribution >= 4 is 23.0 Å². The van der Waals surface area contributed by atoms with Crippen LogP contribution in [0.4, 0.5) is 13.6 Å². The molecule has 4 heterocycles. The number of alkyl carbamates (subject to hydrolysis) is 1. The summed E-state index contributed by atoms with van der Waals surface area (Å²) in [6.45, 7) is 5.22. The number of imidazole rings is 2. The van der Waals surface area contributed by atoms with Crippen LogP contribution >= 0.6 is 0 Å². The summed E-state index contributed by atoms with van der Waals surface area (Å²) in [6.07, 6.45) is 4.57. The Hall–Kier alpha value is -5.10. The van der Waals surface area contributed by atoms with E-state index in [0.717, 1.165) is 48.2 Å². The van der Waals surface area contributed by atoms with Gasteiger partial charge >= 0.3 is 6.09 Å². The number of fused-ring (bicyclic) bond motifs is 4. The summed E-state index contributed by atoms with van der Waals surface area (Å²) < 4.78 is 37.3. The van der Waals surface area contributed by atoms with Crippen molar-refractivity contribution in [1.82, 2.24) is 35.5 Å². The highest BCUT2D eigenvalue weighted by molar-refractivity contribution is 5.88. The Balaban J connectivity index is 1.05. The first-order valence-electron chi connectivity index (χ1n) is 17.2. The first-order valence-corrected chi connectivity index (χ1v) is 17.2. The van der Waals surface area contributed by atoms with Gasteiger partial charge in [-0.15, -0.1) is 0 Å². The number of methoxy groups -OCH3 is 1. The monoisotopic (exact) mass is 679 g/mol. The number of amides is 2. The van der Waals surface area contributed by atoms with Crippen molar-refractivity contribution in [3.8, 4) is 33.5 Å². The molecule has 1 aliphatic carbocycles. The Bertz CT molecular complexity index is 2120. The zero-order valence-electron chi connectivity index (χ0n) is 28.1. The van der Waals surface area contributed by atoms with Gasteiger partial charge in [0.2, 0.25) is 5.91 Å². The summed E-state index contributed by atoms with van der Waals surface area (Å²) in [7, 11) is 1.26. The van der Waals surface area contributed by atoms with Crippen LogP contribution in [-0.4, -0.2) is 63.1 Å². The van der Waals surface area contributed by atoms with Crippen LogP contribution in [0.1, 0.15) is 74.4 Å². The van der Waals surface area contributed by atoms with E-state index in [1.54, 1.807) is 29.3 Å². The molecule has 1 unspecified atom stereocenters. The number of aromatic amines is 2. The number of nitrogens with zero attached hydrogens (tertiary/aromatic N) is 3. The number of likely N-dealkylation sites (tertiary alicyclic amines) is 1. The minimum Gasteiger partial charge on any atom is -0.453 e. The van der Waals surface area contributed by atoms with E-state index in [1.807, 2.05) is 44.2 Å². The molecule has 2 saturated heterocycles. The highest BCUT2D eigenvalue weighted by Crippen LogP contribution is 2.52. The van der Waals surface area contributed by atoms with Crippen molar-refractivity contribution in [3.63, 3.8) is 0 Å². The first-order chi connectivity index (χ1) is 24.1. The van der Waals surface area contributed by atoms with Gasteiger partial charge in [0.05, 0.1) is 42.1 Å². The van der Waals surface area contributed by atoms with Gasteiger partial charge in [-0.3, -0.25) is 4.79 Å². The lowest BCUT2D eigenvalue weighted by molar-refractivity contribution is -0.135. The summed E-state index contributed by atoms with van der Waals surface area (Å²) in [5.74, 6) is -2.09. The highest BCUT2D eigenvalue weighted by atomic mass is 19.3. The normalized spacial score (nSPS) is 19.9. The Kier molecular flexibility index (Phi) is 7.93. The van der Waals surface area contributed by atoms with E-state index in [1.165, 1.54) is 13.2 Å². The summed E-state index contributed by atoms with van der Waals surface area (Å²) in [5, 5.41) is 6.12. The second-order valence-electron chi connectivity index (χ2n) is 13.8. The standard InChI is InChI=1S/C38H39F2N7O3/c1-20(2)33(46-37(49)50-3)36(48)47-15-5-7-32(47)35-42-19-31(45-35)23-9-12-25-24-11-8-21(16-26(24)38(39,40)27(25)17-23)22-10-13-28-30(18-22)44-34(43-28)29-6-4-14-41-29/h8-13,16-20,29,32-33,41H,4-7,14-15H2,1-3H3,(H,42,45)(H,43,44)(H,46,49)/t29?,32-,33-/m0/s1. The fraction of sp³-hybridized carbons (Fsp3) is 0.368. The number of hydrogen-bond acceptors (Lipinski definition) is 6. The number of carbonyl (C=O) groups excluding carboxylic acids is 2. The lowest BCUT2D eigenvalue weighted by Gasteiger charge is -2.30. The average Bonchev–Trinajstić information content (AvgIpc) is 3.96. The molecule has 2 aliphatic heterocycles. The van der Waals surface area contributed by atoms with E-state index in [-0.39, 0.29) is 35.0 Å². The summed E-state index contributed by atoms with van der Waals surface area (Å²) in [4.78, 5) is 43.3. The fourth-order valence-electron chi connectivity index (χ4n) is 7.71. The van der Waals surface area contributed by atoms with Gasteiger partial charge in [0.25, 0.3) is 5.92 Å². The van der Waals surface area contributed by atoms with Crippen LogP contribution in [0.15, 0.2) is 60.8 Å². The Morgan fingerprint density at radius 2 is 1.66 bits per heavy atom. The van der Waals surface area contributed by atoms with Crippen LogP contribution in [0.25, 0.3) is 44.5 Å². The molecule has 12 heteroatoms. The number of nitrogens with one attached hydrogen (secondary N) is 4. The van der Waals surface area contributed by atoms with Crippen molar-refractivity contribution in [2.45, 2.75) is 63.6 Å². The molecule has 3 aromatic carbocycles. The van der Waals surface area contributed by atoms with Crippen molar-refractivity contribution in [3.05, 3.63) is 83.6 Å². The van der Waals surface area contributed by atoms with Crippen LogP contribution < -0.4 is 10.6 Å². The van der Waals surface area contributed by atoms with Crippen LogP contribution in [0.2, 0.25) is 0 Å². The van der Waals surface area contributed by atoms with E-state index < -0.39 is 18.1 Å². The molecule has 0 bridgehead atoms. The zero-order valence-corrected chi connectivity index (χ0v) is 28.1. The topological polar surface area (TPSA) is 128 Å². The smallest absolute Gasteiger partial charge is 0.407 e.